The van der Waals surface area contributed by atoms with Crippen LogP contribution in [0.2, 0.25) is 0 Å². The van der Waals surface area contributed by atoms with Crippen molar-refractivity contribution in [3.63, 3.8) is 0 Å². The topological polar surface area (TPSA) is 45.8 Å². The Labute approximate surface area is 126 Å². The first kappa shape index (κ1) is 16.6. The predicted octanol–water partition coefficient (Wildman–Crippen LogP) is 4.49. The Hall–Kier alpha value is -1.49. The van der Waals surface area contributed by atoms with E-state index in [1.807, 2.05) is 27.7 Å². The van der Waals surface area contributed by atoms with Gasteiger partial charge in [-0.1, -0.05) is 27.7 Å². The zero-order valence-electron chi connectivity index (χ0n) is 12.0. The van der Waals surface area contributed by atoms with Crippen molar-refractivity contribution < 1.29 is 4.39 Å². The van der Waals surface area contributed by atoms with Crippen LogP contribution in [0.1, 0.15) is 39.3 Å². The van der Waals surface area contributed by atoms with Crippen molar-refractivity contribution in [1.29, 1.82) is 0 Å². The SMILES string of the molecule is CC.CC(C)c1[nH]c(=O)nc(-c2ccc(F)cc2)c1Br. The Kier molecular flexibility index (Phi) is 6.07. The number of aromatic amines is 1. The van der Waals surface area contributed by atoms with Gasteiger partial charge in [0.15, 0.2) is 0 Å². The number of hydrogen-bond donors (Lipinski definition) is 1. The van der Waals surface area contributed by atoms with Crippen molar-refractivity contribution in [1.82, 2.24) is 9.97 Å². The standard InChI is InChI=1S/C13H12BrFN2O.C2H6/c1-7(2)11-10(14)12(17-13(18)16-11)8-3-5-9(15)6-4-8;1-2/h3-7H,1-2H3,(H,16,17,18);1-2H3. The van der Waals surface area contributed by atoms with Crippen LogP contribution in [0, 0.1) is 5.82 Å². The monoisotopic (exact) mass is 340 g/mol. The molecule has 0 saturated heterocycles. The summed E-state index contributed by atoms with van der Waals surface area (Å²) in [7, 11) is 0. The van der Waals surface area contributed by atoms with Gasteiger partial charge in [-0.25, -0.2) is 9.18 Å². The number of halogens is 2. The highest BCUT2D eigenvalue weighted by Crippen LogP contribution is 2.30. The van der Waals surface area contributed by atoms with E-state index in [-0.39, 0.29) is 11.7 Å². The third-order valence-corrected chi connectivity index (χ3v) is 3.40. The molecule has 108 valence electrons. The lowest BCUT2D eigenvalue weighted by Crippen LogP contribution is -2.15. The highest BCUT2D eigenvalue weighted by atomic mass is 79.9. The molecule has 1 aromatic carbocycles. The third-order valence-electron chi connectivity index (χ3n) is 2.59. The smallest absolute Gasteiger partial charge is 0.308 e. The average Bonchev–Trinajstić information content (AvgIpc) is 2.44. The van der Waals surface area contributed by atoms with E-state index in [9.17, 15) is 9.18 Å². The molecule has 0 aliphatic carbocycles. The highest BCUT2D eigenvalue weighted by molar-refractivity contribution is 9.10. The Balaban J connectivity index is 0.000000956. The molecule has 3 nitrogen and oxygen atoms in total. The maximum Gasteiger partial charge on any atom is 0.345 e. The average molecular weight is 341 g/mol. The van der Waals surface area contributed by atoms with E-state index in [0.717, 1.165) is 10.2 Å². The molecule has 0 saturated carbocycles. The fourth-order valence-electron chi connectivity index (χ4n) is 1.67. The first-order chi connectivity index (χ1) is 9.49. The zero-order valence-corrected chi connectivity index (χ0v) is 13.6. The molecule has 2 rings (SSSR count). The molecule has 0 aliphatic heterocycles. The predicted molar refractivity (Wildman–Crippen MR) is 83.4 cm³/mol. The quantitative estimate of drug-likeness (QED) is 0.875. The summed E-state index contributed by atoms with van der Waals surface area (Å²) >= 11 is 3.44. The molecule has 0 fully saturated rings. The van der Waals surface area contributed by atoms with E-state index in [4.69, 9.17) is 0 Å². The van der Waals surface area contributed by atoms with Gasteiger partial charge in [-0.3, -0.25) is 0 Å². The van der Waals surface area contributed by atoms with Gasteiger partial charge < -0.3 is 4.98 Å². The van der Waals surface area contributed by atoms with Crippen LogP contribution in [-0.2, 0) is 0 Å². The summed E-state index contributed by atoms with van der Waals surface area (Å²) in [6.07, 6.45) is 0. The summed E-state index contributed by atoms with van der Waals surface area (Å²) in [5.74, 6) is -0.155. The molecule has 5 heteroatoms. The van der Waals surface area contributed by atoms with Crippen LogP contribution in [0.4, 0.5) is 4.39 Å². The van der Waals surface area contributed by atoms with E-state index in [1.165, 1.54) is 12.1 Å². The van der Waals surface area contributed by atoms with E-state index >= 15 is 0 Å². The van der Waals surface area contributed by atoms with Crippen LogP contribution in [0.5, 0.6) is 0 Å². The first-order valence-electron chi connectivity index (χ1n) is 6.54. The summed E-state index contributed by atoms with van der Waals surface area (Å²) in [6, 6.07) is 5.90. The lowest BCUT2D eigenvalue weighted by Gasteiger charge is -2.11. The minimum absolute atomic E-state index is 0.161. The van der Waals surface area contributed by atoms with Gasteiger partial charge in [0.05, 0.1) is 10.2 Å². The summed E-state index contributed by atoms with van der Waals surface area (Å²) < 4.78 is 13.6. The summed E-state index contributed by atoms with van der Waals surface area (Å²) in [5.41, 5.74) is 1.62. The van der Waals surface area contributed by atoms with Gasteiger partial charge in [0.1, 0.15) is 5.82 Å². The molecule has 0 radical (unpaired) electrons. The summed E-state index contributed by atoms with van der Waals surface area (Å²) in [4.78, 5) is 18.2. The summed E-state index contributed by atoms with van der Waals surface area (Å²) in [6.45, 7) is 7.95. The fraction of sp³-hybridized carbons (Fsp3) is 0.333. The fourth-order valence-corrected chi connectivity index (χ4v) is 2.55. The third kappa shape index (κ3) is 3.76. The van der Waals surface area contributed by atoms with E-state index < -0.39 is 5.69 Å². The van der Waals surface area contributed by atoms with Crippen molar-refractivity contribution in [3.8, 4) is 11.3 Å². The van der Waals surface area contributed by atoms with Crippen molar-refractivity contribution in [3.05, 3.63) is 50.7 Å². The second-order valence-corrected chi connectivity index (χ2v) is 5.07. The lowest BCUT2D eigenvalue weighted by atomic mass is 10.1. The van der Waals surface area contributed by atoms with Gasteiger partial charge in [-0.2, -0.15) is 4.98 Å². The van der Waals surface area contributed by atoms with Gasteiger partial charge in [0.2, 0.25) is 0 Å². The summed E-state index contributed by atoms with van der Waals surface area (Å²) in [5, 5.41) is 0. The molecule has 0 amide bonds. The van der Waals surface area contributed by atoms with Gasteiger partial charge in [0, 0.05) is 11.3 Å². The van der Waals surface area contributed by atoms with Crippen molar-refractivity contribution in [2.75, 3.05) is 0 Å². The normalized spacial score (nSPS) is 10.2. The van der Waals surface area contributed by atoms with Crippen LogP contribution in [0.3, 0.4) is 0 Å². The number of aromatic nitrogens is 2. The lowest BCUT2D eigenvalue weighted by molar-refractivity contribution is 0.628. The Bertz CT molecular complexity index is 621. The minimum atomic E-state index is -0.402. The number of nitrogens with one attached hydrogen (secondary N) is 1. The number of nitrogens with zero attached hydrogens (tertiary/aromatic N) is 1. The number of hydrogen-bond acceptors (Lipinski definition) is 2. The highest BCUT2D eigenvalue weighted by Gasteiger charge is 2.14. The van der Waals surface area contributed by atoms with E-state index in [2.05, 4.69) is 25.9 Å². The Morgan fingerprint density at radius 1 is 1.20 bits per heavy atom. The van der Waals surface area contributed by atoms with Crippen LogP contribution in [0.25, 0.3) is 11.3 Å². The molecule has 0 bridgehead atoms. The molecular formula is C15H18BrFN2O. The number of benzene rings is 1. The molecule has 1 aromatic heterocycles. The van der Waals surface area contributed by atoms with Crippen LogP contribution in [0.15, 0.2) is 33.5 Å². The van der Waals surface area contributed by atoms with Crippen LogP contribution < -0.4 is 5.69 Å². The Morgan fingerprint density at radius 3 is 2.25 bits per heavy atom. The van der Waals surface area contributed by atoms with Gasteiger partial charge in [-0.05, 0) is 46.1 Å². The molecule has 0 aliphatic rings. The number of rotatable bonds is 2. The molecule has 0 spiro atoms. The molecule has 0 atom stereocenters. The van der Waals surface area contributed by atoms with Crippen LogP contribution >= 0.6 is 15.9 Å². The van der Waals surface area contributed by atoms with Gasteiger partial charge in [-0.15, -0.1) is 0 Å². The number of H-pyrrole nitrogens is 1. The maximum absolute atomic E-state index is 12.9. The molecular weight excluding hydrogens is 323 g/mol. The molecule has 20 heavy (non-hydrogen) atoms. The zero-order chi connectivity index (χ0) is 15.3. The van der Waals surface area contributed by atoms with Crippen molar-refractivity contribution >= 4 is 15.9 Å². The minimum Gasteiger partial charge on any atom is -0.308 e. The largest absolute Gasteiger partial charge is 0.345 e. The van der Waals surface area contributed by atoms with Gasteiger partial charge >= 0.3 is 5.69 Å². The van der Waals surface area contributed by atoms with E-state index in [0.29, 0.717) is 11.3 Å². The second kappa shape index (κ2) is 7.33. The van der Waals surface area contributed by atoms with Crippen molar-refractivity contribution in [2.24, 2.45) is 0 Å². The van der Waals surface area contributed by atoms with Crippen molar-refractivity contribution in [2.45, 2.75) is 33.6 Å². The molecule has 0 unspecified atom stereocenters. The van der Waals surface area contributed by atoms with E-state index in [1.54, 1.807) is 12.1 Å². The maximum atomic E-state index is 12.9. The van der Waals surface area contributed by atoms with Gasteiger partial charge in [0.25, 0.3) is 0 Å². The molecule has 2 aromatic rings. The Morgan fingerprint density at radius 2 is 1.75 bits per heavy atom. The first-order valence-corrected chi connectivity index (χ1v) is 7.34. The molecule has 1 heterocycles. The van der Waals surface area contributed by atoms with Crippen LogP contribution in [-0.4, -0.2) is 9.97 Å². The molecule has 1 N–H and O–H groups in total. The second-order valence-electron chi connectivity index (χ2n) is 4.28.